The molecule has 77 heavy (non-hydrogen) atoms. The number of hydrogen-bond donors (Lipinski definition) is 6. The van der Waals surface area contributed by atoms with Crippen molar-refractivity contribution in [1.82, 2.24) is 5.32 Å². The van der Waals surface area contributed by atoms with Gasteiger partial charge in [0.05, 0.1) is 61.9 Å². The predicted octanol–water partition coefficient (Wildman–Crippen LogP) is 4.97. The van der Waals surface area contributed by atoms with Gasteiger partial charge in [-0.05, 0) is 38.8 Å². The molecule has 5 rings (SSSR count). The zero-order valence-corrected chi connectivity index (χ0v) is 46.0. The molecule has 4 aliphatic heterocycles. The Morgan fingerprint density at radius 3 is 2.21 bits per heavy atom. The Balaban J connectivity index is 1.35. The molecule has 0 unspecified atom stereocenters. The van der Waals surface area contributed by atoms with Crippen molar-refractivity contribution in [2.24, 2.45) is 17.3 Å². The van der Waals surface area contributed by atoms with Crippen molar-refractivity contribution in [3.63, 3.8) is 0 Å². The quantitative estimate of drug-likeness (QED) is 0.0429. The topological polar surface area (TPSA) is 257 Å². The molecule has 0 aromatic heterocycles. The molecule has 0 saturated carbocycles. The van der Waals surface area contributed by atoms with Gasteiger partial charge in [-0.2, -0.15) is 0 Å². The second-order valence-corrected chi connectivity index (χ2v) is 20.6. The number of allylic oxidation sites excluding steroid dienone is 9. The van der Waals surface area contributed by atoms with Crippen LogP contribution in [0.4, 0.5) is 0 Å². The molecule has 1 amide bonds. The van der Waals surface area contributed by atoms with E-state index in [1.54, 1.807) is 120 Å². The first-order valence-corrected chi connectivity index (χ1v) is 26.3. The summed E-state index contributed by atoms with van der Waals surface area (Å²) in [5.41, 5.74) is 0.369. The summed E-state index contributed by atoms with van der Waals surface area (Å²) in [6.45, 7) is 12.1. The lowest BCUT2D eigenvalue weighted by Gasteiger charge is -2.54. The summed E-state index contributed by atoms with van der Waals surface area (Å²) in [6.07, 6.45) is 9.87. The number of carbonyl (C=O) groups is 3. The van der Waals surface area contributed by atoms with E-state index in [1.165, 1.54) is 20.3 Å². The maximum atomic E-state index is 14.7. The van der Waals surface area contributed by atoms with E-state index in [9.17, 15) is 34.8 Å². The summed E-state index contributed by atoms with van der Waals surface area (Å²) in [4.78, 5) is 39.0. The number of aliphatic hydroxyl groups excluding tert-OH is 3. The summed E-state index contributed by atoms with van der Waals surface area (Å²) in [7, 11) is 4.62. The molecule has 18 atom stereocenters. The second-order valence-electron chi connectivity index (χ2n) is 20.6. The lowest BCUT2D eigenvalue weighted by molar-refractivity contribution is -0.367. The first kappa shape index (κ1) is 63.1. The fourth-order valence-electron chi connectivity index (χ4n) is 10.2. The van der Waals surface area contributed by atoms with Crippen LogP contribution in [0.2, 0.25) is 0 Å². The van der Waals surface area contributed by atoms with E-state index in [0.29, 0.717) is 12.0 Å². The van der Waals surface area contributed by atoms with Gasteiger partial charge in [-0.1, -0.05) is 124 Å². The standard InChI is InChI=1S/C58H83NO18/c1-11-12-16-27-46-57(6,7)55(75-48(63)30-39-24-17-15-18-25-39)54(65)58(67,77-46)40(34-71-49-33-45(69-9)53(38(5)73-49)76-50-32-44(68-8)51(64)37(4)72-50)56(66)59-29-22-21-23-35(2)52(70-10)36(3)43-31-41(60)42(74-43)26-19-13-14-20-28-47(61)62/h11-28,36-38,40-46,49-55,60,64-65,67H,29-34H2,1-10H3,(H,59,66)(H,61,62)/t36-,37+,38+,40+,41+,42+,43-,44+,45+,46-,49+,50-,51-,52-,53-,54+,55+,58+/m0/s1. The number of nitrogens with one attached hydrogen (secondary N) is 1. The summed E-state index contributed by atoms with van der Waals surface area (Å²) in [5, 5.41) is 58.1. The third kappa shape index (κ3) is 17.1. The monoisotopic (exact) mass is 1080 g/mol. The Hall–Kier alpha value is -4.71. The third-order valence-electron chi connectivity index (χ3n) is 14.7. The first-order chi connectivity index (χ1) is 36.7. The van der Waals surface area contributed by atoms with Gasteiger partial charge in [-0.3, -0.25) is 9.59 Å². The molecular weight excluding hydrogens is 999 g/mol. The van der Waals surface area contributed by atoms with Crippen molar-refractivity contribution in [2.45, 2.75) is 172 Å². The number of carboxylic acid groups (broad SMARTS) is 1. The minimum absolute atomic E-state index is 0.0405. The third-order valence-corrected chi connectivity index (χ3v) is 14.7. The Morgan fingerprint density at radius 2 is 1.53 bits per heavy atom. The van der Waals surface area contributed by atoms with Crippen LogP contribution in [0.1, 0.15) is 73.3 Å². The van der Waals surface area contributed by atoms with Gasteiger partial charge in [-0.25, -0.2) is 4.79 Å². The molecule has 428 valence electrons. The van der Waals surface area contributed by atoms with Gasteiger partial charge < -0.3 is 78.2 Å². The normalized spacial score (nSPS) is 34.4. The van der Waals surface area contributed by atoms with Crippen molar-refractivity contribution >= 4 is 17.8 Å². The van der Waals surface area contributed by atoms with Crippen LogP contribution in [0.15, 0.2) is 115 Å². The van der Waals surface area contributed by atoms with Crippen molar-refractivity contribution in [3.8, 4) is 0 Å². The van der Waals surface area contributed by atoms with Gasteiger partial charge in [0.2, 0.25) is 11.7 Å². The number of aliphatic hydroxyl groups is 4. The van der Waals surface area contributed by atoms with Gasteiger partial charge in [-0.15, -0.1) is 0 Å². The van der Waals surface area contributed by atoms with E-state index < -0.39 is 127 Å². The summed E-state index contributed by atoms with van der Waals surface area (Å²) in [5.74, 6) is -7.02. The number of benzene rings is 1. The zero-order valence-electron chi connectivity index (χ0n) is 46.0. The maximum absolute atomic E-state index is 14.7. The number of amides is 1. The molecule has 0 spiro atoms. The van der Waals surface area contributed by atoms with Crippen LogP contribution in [-0.2, 0) is 68.2 Å². The number of hydrogen-bond acceptors (Lipinski definition) is 17. The maximum Gasteiger partial charge on any atom is 0.328 e. The molecule has 1 aromatic carbocycles. The minimum Gasteiger partial charge on any atom is -0.478 e. The molecule has 0 radical (unpaired) electrons. The molecule has 1 aromatic rings. The number of carboxylic acids is 1. The Labute approximate surface area is 453 Å². The smallest absolute Gasteiger partial charge is 0.328 e. The SMILES string of the molecule is CC=CC=C[C@@H]1O[C@](O)([C@H](CO[C@H]2C[C@@H](OC)[C@@H](O[C@H]3C[C@@H](OC)[C@@H](O)[C@@H](C)O3)[C@@H](C)O2)C(=O)NCC=CC=C(C)[C@H](OC)[C@@H](C)[C@@H]2C[C@@H](O)[C@@H](C=CC=CC=CC(=O)O)O2)[C@H](O)[C@@H](OC(=O)Cc2ccccc2)C1(C)C. The number of methoxy groups -OCH3 is 3. The van der Waals surface area contributed by atoms with E-state index in [1.807, 2.05) is 32.9 Å². The summed E-state index contributed by atoms with van der Waals surface area (Å²) >= 11 is 0. The summed E-state index contributed by atoms with van der Waals surface area (Å²) in [6, 6.07) is 8.96. The van der Waals surface area contributed by atoms with Crippen LogP contribution < -0.4 is 5.32 Å². The Morgan fingerprint density at radius 1 is 0.857 bits per heavy atom. The molecule has 0 aliphatic carbocycles. The molecular formula is C58H83NO18. The number of aliphatic carboxylic acids is 1. The number of ether oxygens (including phenoxy) is 10. The van der Waals surface area contributed by atoms with Crippen LogP contribution in [0.25, 0.3) is 0 Å². The van der Waals surface area contributed by atoms with Crippen molar-refractivity contribution in [2.75, 3.05) is 34.5 Å². The van der Waals surface area contributed by atoms with Gasteiger partial charge >= 0.3 is 11.9 Å². The average Bonchev–Trinajstić information content (AvgIpc) is 3.83. The number of carbonyl (C=O) groups excluding carboxylic acids is 2. The lowest BCUT2D eigenvalue weighted by Crippen LogP contribution is -2.70. The van der Waals surface area contributed by atoms with Crippen molar-refractivity contribution in [1.29, 1.82) is 0 Å². The van der Waals surface area contributed by atoms with Crippen LogP contribution in [0.5, 0.6) is 0 Å². The van der Waals surface area contributed by atoms with E-state index in [-0.39, 0.29) is 37.8 Å². The number of rotatable bonds is 25. The molecule has 4 fully saturated rings. The minimum atomic E-state index is -2.71. The fraction of sp³-hybridized carbons (Fsp3) is 0.603. The number of esters is 1. The van der Waals surface area contributed by atoms with Crippen molar-refractivity contribution in [3.05, 3.63) is 120 Å². The predicted molar refractivity (Wildman–Crippen MR) is 284 cm³/mol. The van der Waals surface area contributed by atoms with E-state index in [2.05, 4.69) is 5.32 Å². The first-order valence-electron chi connectivity index (χ1n) is 26.3. The van der Waals surface area contributed by atoms with Crippen LogP contribution in [0.3, 0.4) is 0 Å². The van der Waals surface area contributed by atoms with Crippen LogP contribution in [0, 0.1) is 17.3 Å². The molecule has 0 bridgehead atoms. The van der Waals surface area contributed by atoms with Crippen molar-refractivity contribution < 1.29 is 87.3 Å². The van der Waals surface area contributed by atoms with Gasteiger partial charge in [0.25, 0.3) is 0 Å². The Bertz CT molecular complexity index is 2240. The van der Waals surface area contributed by atoms with Gasteiger partial charge in [0, 0.05) is 64.5 Å². The van der Waals surface area contributed by atoms with Crippen LogP contribution in [-0.4, -0.2) is 176 Å². The zero-order chi connectivity index (χ0) is 56.5. The highest BCUT2D eigenvalue weighted by Gasteiger charge is 2.63. The second kappa shape index (κ2) is 30.0. The van der Waals surface area contributed by atoms with Crippen LogP contribution >= 0.6 is 0 Å². The van der Waals surface area contributed by atoms with Gasteiger partial charge in [0.1, 0.15) is 36.4 Å². The largest absolute Gasteiger partial charge is 0.478 e. The van der Waals surface area contributed by atoms with E-state index >= 15 is 0 Å². The summed E-state index contributed by atoms with van der Waals surface area (Å²) < 4.78 is 61.0. The highest BCUT2D eigenvalue weighted by Crippen LogP contribution is 2.46. The average molecular weight is 1080 g/mol. The van der Waals surface area contributed by atoms with Gasteiger partial charge in [0.15, 0.2) is 12.6 Å². The Kier molecular flexibility index (Phi) is 24.6. The molecule has 19 nitrogen and oxygen atoms in total. The molecule has 4 heterocycles. The molecule has 4 aliphatic rings. The van der Waals surface area contributed by atoms with E-state index in [4.69, 9.17) is 52.5 Å². The molecule has 19 heteroatoms. The molecule has 4 saturated heterocycles. The lowest BCUT2D eigenvalue weighted by atomic mass is 9.71. The van der Waals surface area contributed by atoms with E-state index in [0.717, 1.165) is 11.6 Å². The molecule has 6 N–H and O–H groups in total. The highest BCUT2D eigenvalue weighted by molar-refractivity contribution is 5.80. The fourth-order valence-corrected chi connectivity index (χ4v) is 10.2. The highest BCUT2D eigenvalue weighted by atomic mass is 16.7.